The van der Waals surface area contributed by atoms with Crippen LogP contribution in [0.25, 0.3) is 0 Å². The van der Waals surface area contributed by atoms with Crippen LogP contribution in [-0.4, -0.2) is 16.0 Å². The minimum atomic E-state index is -2.78. The highest BCUT2D eigenvalue weighted by Gasteiger charge is 2.32. The van der Waals surface area contributed by atoms with E-state index < -0.39 is 23.8 Å². The van der Waals surface area contributed by atoms with Gasteiger partial charge in [-0.25, -0.2) is 22.5 Å². The normalized spacial score (nSPS) is 14.3. The molecule has 1 saturated carbocycles. The molecule has 2 aromatic rings. The topological polar surface area (TPSA) is 55.0 Å². The van der Waals surface area contributed by atoms with Crippen LogP contribution in [0.15, 0.2) is 24.3 Å². The van der Waals surface area contributed by atoms with Gasteiger partial charge in [0.25, 0.3) is 6.43 Å². The van der Waals surface area contributed by atoms with Gasteiger partial charge in [0, 0.05) is 30.3 Å². The van der Waals surface area contributed by atoms with Crippen LogP contribution in [0, 0.1) is 11.6 Å². The number of nitrogens with zero attached hydrogens (tertiary/aromatic N) is 3. The summed E-state index contributed by atoms with van der Waals surface area (Å²) in [6.45, 7) is 0.0584. The summed E-state index contributed by atoms with van der Waals surface area (Å²) in [5, 5.41) is 0. The fourth-order valence-corrected chi connectivity index (χ4v) is 2.29. The molecule has 1 aromatic heterocycles. The molecule has 8 heteroatoms. The number of hydrogen-bond acceptors (Lipinski definition) is 4. The summed E-state index contributed by atoms with van der Waals surface area (Å²) in [6.07, 6.45) is -1.13. The van der Waals surface area contributed by atoms with E-state index in [1.807, 2.05) is 0 Å². The average molecular weight is 326 g/mol. The van der Waals surface area contributed by atoms with E-state index in [0.29, 0.717) is 0 Å². The third-order valence-electron chi connectivity index (χ3n) is 3.58. The lowest BCUT2D eigenvalue weighted by Crippen LogP contribution is -2.28. The van der Waals surface area contributed by atoms with Crippen LogP contribution in [0.1, 0.15) is 30.5 Å². The van der Waals surface area contributed by atoms with E-state index in [-0.39, 0.29) is 29.9 Å². The molecule has 0 unspecified atom stereocenters. The molecule has 1 aliphatic rings. The summed E-state index contributed by atoms with van der Waals surface area (Å²) in [4.78, 5) is 9.43. The van der Waals surface area contributed by atoms with Crippen LogP contribution in [0.5, 0.6) is 0 Å². The number of rotatable bonds is 5. The average Bonchev–Trinajstić information content (AvgIpc) is 3.30. The van der Waals surface area contributed by atoms with E-state index in [2.05, 4.69) is 9.97 Å². The zero-order valence-electron chi connectivity index (χ0n) is 12.0. The fourth-order valence-electron chi connectivity index (χ4n) is 2.29. The summed E-state index contributed by atoms with van der Waals surface area (Å²) in [5.74, 6) is -1.42. The van der Waals surface area contributed by atoms with Crippen LogP contribution in [-0.2, 0) is 6.54 Å². The van der Waals surface area contributed by atoms with Gasteiger partial charge in [0.15, 0.2) is 0 Å². The summed E-state index contributed by atoms with van der Waals surface area (Å²) < 4.78 is 52.6. The van der Waals surface area contributed by atoms with E-state index >= 15 is 0 Å². The summed E-state index contributed by atoms with van der Waals surface area (Å²) in [5.41, 5.74) is 5.33. The molecule has 1 heterocycles. The van der Waals surface area contributed by atoms with Crippen LogP contribution in [0.2, 0.25) is 0 Å². The van der Waals surface area contributed by atoms with Crippen molar-refractivity contribution >= 4 is 11.8 Å². The standard InChI is InChI=1S/C15H14F4N4/c16-9-2-1-8(11(17)5-9)7-23(10-3-4-10)15-21-12(14(18)19)6-13(20)22-15/h1-2,5-6,10,14H,3-4,7H2,(H2,20,21,22). The number of alkyl halides is 2. The largest absolute Gasteiger partial charge is 0.384 e. The van der Waals surface area contributed by atoms with Crippen molar-refractivity contribution in [2.45, 2.75) is 31.9 Å². The zero-order valence-corrected chi connectivity index (χ0v) is 12.0. The van der Waals surface area contributed by atoms with Crippen molar-refractivity contribution in [3.63, 3.8) is 0 Å². The fraction of sp³-hybridized carbons (Fsp3) is 0.333. The van der Waals surface area contributed by atoms with E-state index in [0.717, 1.165) is 31.0 Å². The summed E-state index contributed by atoms with van der Waals surface area (Å²) >= 11 is 0. The second kappa shape index (κ2) is 6.02. The molecule has 0 amide bonds. The van der Waals surface area contributed by atoms with Crippen LogP contribution < -0.4 is 10.6 Å². The predicted molar refractivity (Wildman–Crippen MR) is 77.0 cm³/mol. The van der Waals surface area contributed by atoms with Crippen molar-refractivity contribution in [3.8, 4) is 0 Å². The molecule has 0 spiro atoms. The molecule has 0 atom stereocenters. The second-order valence-electron chi connectivity index (χ2n) is 5.41. The van der Waals surface area contributed by atoms with Gasteiger partial charge >= 0.3 is 0 Å². The Kier molecular flexibility index (Phi) is 4.06. The van der Waals surface area contributed by atoms with Gasteiger partial charge in [-0.05, 0) is 18.9 Å². The van der Waals surface area contributed by atoms with Gasteiger partial charge in [0.2, 0.25) is 5.95 Å². The van der Waals surface area contributed by atoms with Crippen LogP contribution in [0.4, 0.5) is 29.3 Å². The Morgan fingerprint density at radius 1 is 1.17 bits per heavy atom. The molecular formula is C15H14F4N4. The Morgan fingerprint density at radius 2 is 1.91 bits per heavy atom. The molecule has 3 rings (SSSR count). The van der Waals surface area contributed by atoms with Gasteiger partial charge in [-0.15, -0.1) is 0 Å². The first-order valence-electron chi connectivity index (χ1n) is 7.07. The number of anilines is 2. The molecule has 0 aliphatic heterocycles. The van der Waals surface area contributed by atoms with Gasteiger partial charge in [-0.2, -0.15) is 4.98 Å². The molecule has 122 valence electrons. The Balaban J connectivity index is 1.93. The highest BCUT2D eigenvalue weighted by atomic mass is 19.3. The van der Waals surface area contributed by atoms with Crippen LogP contribution >= 0.6 is 0 Å². The molecule has 1 aliphatic carbocycles. The summed E-state index contributed by atoms with van der Waals surface area (Å²) in [7, 11) is 0. The predicted octanol–water partition coefficient (Wildman–Crippen LogP) is 3.44. The number of halogens is 4. The highest BCUT2D eigenvalue weighted by Crippen LogP contribution is 2.33. The first-order chi connectivity index (χ1) is 10.9. The molecule has 0 bridgehead atoms. The Labute approximate surface area is 130 Å². The number of benzene rings is 1. The first kappa shape index (κ1) is 15.5. The molecule has 2 N–H and O–H groups in total. The molecule has 0 radical (unpaired) electrons. The SMILES string of the molecule is Nc1cc(C(F)F)nc(N(Cc2ccc(F)cc2F)C2CC2)n1. The first-order valence-corrected chi connectivity index (χ1v) is 7.07. The van der Waals surface area contributed by atoms with Gasteiger partial charge in [-0.1, -0.05) is 6.07 Å². The molecule has 4 nitrogen and oxygen atoms in total. The van der Waals surface area contributed by atoms with Gasteiger partial charge in [0.1, 0.15) is 23.1 Å². The van der Waals surface area contributed by atoms with E-state index in [1.54, 1.807) is 4.90 Å². The van der Waals surface area contributed by atoms with Crippen molar-refractivity contribution in [2.24, 2.45) is 0 Å². The van der Waals surface area contributed by atoms with Gasteiger partial charge in [0.05, 0.1) is 0 Å². The molecule has 23 heavy (non-hydrogen) atoms. The third kappa shape index (κ3) is 3.52. The van der Waals surface area contributed by atoms with Crippen molar-refractivity contribution in [1.82, 2.24) is 9.97 Å². The quantitative estimate of drug-likeness (QED) is 0.855. The lowest BCUT2D eigenvalue weighted by molar-refractivity contribution is 0.146. The van der Waals surface area contributed by atoms with Crippen molar-refractivity contribution in [2.75, 3.05) is 10.6 Å². The second-order valence-corrected chi connectivity index (χ2v) is 5.41. The highest BCUT2D eigenvalue weighted by molar-refractivity contribution is 5.43. The van der Waals surface area contributed by atoms with E-state index in [9.17, 15) is 17.6 Å². The van der Waals surface area contributed by atoms with Crippen molar-refractivity contribution in [1.29, 1.82) is 0 Å². The lowest BCUT2D eigenvalue weighted by atomic mass is 10.2. The van der Waals surface area contributed by atoms with Crippen molar-refractivity contribution < 1.29 is 17.6 Å². The maximum atomic E-state index is 13.8. The maximum Gasteiger partial charge on any atom is 0.280 e. The maximum absolute atomic E-state index is 13.8. The summed E-state index contributed by atoms with van der Waals surface area (Å²) in [6, 6.07) is 4.30. The minimum Gasteiger partial charge on any atom is -0.384 e. The van der Waals surface area contributed by atoms with E-state index in [1.165, 1.54) is 6.07 Å². The monoisotopic (exact) mass is 326 g/mol. The minimum absolute atomic E-state index is 0.0338. The van der Waals surface area contributed by atoms with E-state index in [4.69, 9.17) is 5.73 Å². The number of aromatic nitrogens is 2. The Bertz CT molecular complexity index is 719. The Morgan fingerprint density at radius 3 is 2.52 bits per heavy atom. The lowest BCUT2D eigenvalue weighted by Gasteiger charge is -2.23. The molecular weight excluding hydrogens is 312 g/mol. The third-order valence-corrected chi connectivity index (χ3v) is 3.58. The number of nitrogen functional groups attached to an aromatic ring is 1. The molecule has 1 fully saturated rings. The van der Waals surface area contributed by atoms with Gasteiger partial charge in [-0.3, -0.25) is 0 Å². The zero-order chi connectivity index (χ0) is 16.6. The van der Waals surface area contributed by atoms with Crippen LogP contribution in [0.3, 0.4) is 0 Å². The Hall–Kier alpha value is -2.38. The van der Waals surface area contributed by atoms with Gasteiger partial charge < -0.3 is 10.6 Å². The smallest absolute Gasteiger partial charge is 0.280 e. The molecule has 1 aromatic carbocycles. The number of hydrogen-bond donors (Lipinski definition) is 1. The number of nitrogens with two attached hydrogens (primary N) is 1. The van der Waals surface area contributed by atoms with Crippen molar-refractivity contribution in [3.05, 3.63) is 47.2 Å². The molecule has 0 saturated heterocycles.